The summed E-state index contributed by atoms with van der Waals surface area (Å²) in [6, 6.07) is 7.37. The Morgan fingerprint density at radius 3 is 2.50 bits per heavy atom. The fourth-order valence-electron chi connectivity index (χ4n) is 1.32. The lowest BCUT2D eigenvalue weighted by Gasteiger charge is -2.20. The molecule has 0 aliphatic rings. The van der Waals surface area contributed by atoms with Crippen LogP contribution >= 0.6 is 0 Å². The van der Waals surface area contributed by atoms with Crippen LogP contribution in [-0.2, 0) is 10.2 Å². The molecule has 1 rings (SSSR count). The van der Waals surface area contributed by atoms with Gasteiger partial charge in [-0.1, -0.05) is 32.9 Å². The highest BCUT2D eigenvalue weighted by molar-refractivity contribution is 5.94. The van der Waals surface area contributed by atoms with Crippen molar-refractivity contribution in [2.24, 2.45) is 5.73 Å². The number of amides is 1. The number of nitrogens with one attached hydrogen (secondary N) is 1. The molecule has 0 heterocycles. The van der Waals surface area contributed by atoms with Crippen molar-refractivity contribution in [3.63, 3.8) is 0 Å². The largest absolute Gasteiger partial charge is 0.325 e. The van der Waals surface area contributed by atoms with Gasteiger partial charge in [-0.25, -0.2) is 0 Å². The molecule has 1 amide bonds. The van der Waals surface area contributed by atoms with Gasteiger partial charge in [0.15, 0.2) is 0 Å². The lowest BCUT2D eigenvalue weighted by molar-refractivity contribution is -0.117. The Bertz CT molecular complexity index is 378. The highest BCUT2D eigenvalue weighted by atomic mass is 16.2. The van der Waals surface area contributed by atoms with E-state index in [0.717, 1.165) is 5.69 Å². The summed E-state index contributed by atoms with van der Waals surface area (Å²) in [6.45, 7) is 8.08. The molecule has 16 heavy (non-hydrogen) atoms. The minimum absolute atomic E-state index is 0.0784. The van der Waals surface area contributed by atoms with Crippen molar-refractivity contribution in [3.05, 3.63) is 29.8 Å². The van der Waals surface area contributed by atoms with Crippen LogP contribution in [0.15, 0.2) is 24.3 Å². The maximum Gasteiger partial charge on any atom is 0.240 e. The van der Waals surface area contributed by atoms with E-state index in [0.29, 0.717) is 0 Å². The summed E-state index contributed by atoms with van der Waals surface area (Å²) in [5.74, 6) is -0.161. The molecule has 0 spiro atoms. The quantitative estimate of drug-likeness (QED) is 0.803. The molecule has 88 valence electrons. The second-order valence-corrected chi connectivity index (χ2v) is 5.11. The van der Waals surface area contributed by atoms with Crippen LogP contribution in [-0.4, -0.2) is 11.9 Å². The van der Waals surface area contributed by atoms with E-state index in [1.54, 1.807) is 6.92 Å². The zero-order valence-corrected chi connectivity index (χ0v) is 10.4. The molecule has 0 aliphatic heterocycles. The van der Waals surface area contributed by atoms with Crippen molar-refractivity contribution < 1.29 is 4.79 Å². The van der Waals surface area contributed by atoms with Crippen molar-refractivity contribution in [3.8, 4) is 0 Å². The summed E-state index contributed by atoms with van der Waals surface area (Å²) in [6.07, 6.45) is 0. The molecule has 0 aliphatic carbocycles. The minimum atomic E-state index is -0.488. The first kappa shape index (κ1) is 12.7. The first-order chi connectivity index (χ1) is 7.30. The molecular weight excluding hydrogens is 200 g/mol. The average molecular weight is 220 g/mol. The van der Waals surface area contributed by atoms with Crippen molar-refractivity contribution >= 4 is 11.6 Å². The maximum atomic E-state index is 11.4. The third-order valence-corrected chi connectivity index (χ3v) is 2.41. The van der Waals surface area contributed by atoms with Crippen LogP contribution in [0.3, 0.4) is 0 Å². The monoisotopic (exact) mass is 220 g/mol. The Morgan fingerprint density at radius 1 is 1.38 bits per heavy atom. The first-order valence-corrected chi connectivity index (χ1v) is 5.47. The molecular formula is C13H20N2O. The smallest absolute Gasteiger partial charge is 0.240 e. The van der Waals surface area contributed by atoms with E-state index >= 15 is 0 Å². The van der Waals surface area contributed by atoms with Gasteiger partial charge in [0.25, 0.3) is 0 Å². The van der Waals surface area contributed by atoms with Crippen molar-refractivity contribution in [1.29, 1.82) is 0 Å². The second-order valence-electron chi connectivity index (χ2n) is 5.11. The van der Waals surface area contributed by atoms with E-state index in [1.165, 1.54) is 5.56 Å². The number of rotatable bonds is 2. The van der Waals surface area contributed by atoms with Gasteiger partial charge < -0.3 is 11.1 Å². The van der Waals surface area contributed by atoms with E-state index in [1.807, 2.05) is 18.2 Å². The highest BCUT2D eigenvalue weighted by Gasteiger charge is 2.14. The van der Waals surface area contributed by atoms with E-state index in [4.69, 9.17) is 5.73 Å². The number of hydrogen-bond acceptors (Lipinski definition) is 2. The number of hydrogen-bond donors (Lipinski definition) is 2. The number of nitrogens with two attached hydrogens (primary N) is 1. The zero-order chi connectivity index (χ0) is 12.3. The fraction of sp³-hybridized carbons (Fsp3) is 0.462. The van der Waals surface area contributed by atoms with Gasteiger partial charge >= 0.3 is 0 Å². The summed E-state index contributed by atoms with van der Waals surface area (Å²) in [7, 11) is 0. The van der Waals surface area contributed by atoms with Crippen LogP contribution in [0.1, 0.15) is 33.3 Å². The molecule has 1 atom stereocenters. The average Bonchev–Trinajstić information content (AvgIpc) is 2.16. The summed E-state index contributed by atoms with van der Waals surface area (Å²) >= 11 is 0. The Labute approximate surface area is 97.0 Å². The van der Waals surface area contributed by atoms with Crippen LogP contribution in [0, 0.1) is 0 Å². The number of benzene rings is 1. The predicted molar refractivity (Wildman–Crippen MR) is 67.4 cm³/mol. The van der Waals surface area contributed by atoms with Gasteiger partial charge in [0.2, 0.25) is 5.91 Å². The van der Waals surface area contributed by atoms with Gasteiger partial charge in [0.1, 0.15) is 0 Å². The van der Waals surface area contributed by atoms with E-state index in [9.17, 15) is 4.79 Å². The van der Waals surface area contributed by atoms with Gasteiger partial charge in [-0.2, -0.15) is 0 Å². The van der Waals surface area contributed by atoms with Crippen LogP contribution in [0.5, 0.6) is 0 Å². The zero-order valence-electron chi connectivity index (χ0n) is 10.4. The summed E-state index contributed by atoms with van der Waals surface area (Å²) < 4.78 is 0. The maximum absolute atomic E-state index is 11.4. The molecule has 0 bridgehead atoms. The third-order valence-electron chi connectivity index (χ3n) is 2.41. The SMILES string of the molecule is CC(N)C(=O)Nc1cccc(C(C)(C)C)c1. The summed E-state index contributed by atoms with van der Waals surface area (Å²) in [4.78, 5) is 11.4. The number of anilines is 1. The van der Waals surface area contributed by atoms with Crippen molar-refractivity contribution in [1.82, 2.24) is 0 Å². The molecule has 1 aromatic rings. The van der Waals surface area contributed by atoms with Crippen LogP contribution < -0.4 is 11.1 Å². The lowest BCUT2D eigenvalue weighted by Crippen LogP contribution is -2.32. The van der Waals surface area contributed by atoms with E-state index in [-0.39, 0.29) is 11.3 Å². The molecule has 0 aromatic heterocycles. The Morgan fingerprint density at radius 2 is 2.00 bits per heavy atom. The van der Waals surface area contributed by atoms with Gasteiger partial charge in [-0.3, -0.25) is 4.79 Å². The second kappa shape index (κ2) is 4.66. The standard InChI is InChI=1S/C13H20N2O/c1-9(14)12(16)15-11-7-5-6-10(8-11)13(2,3)4/h5-9H,14H2,1-4H3,(H,15,16). The van der Waals surface area contributed by atoms with Gasteiger partial charge in [-0.15, -0.1) is 0 Å². The molecule has 3 heteroatoms. The van der Waals surface area contributed by atoms with Crippen LogP contribution in [0.2, 0.25) is 0 Å². The Balaban J connectivity index is 2.88. The molecule has 0 saturated heterocycles. The highest BCUT2D eigenvalue weighted by Crippen LogP contribution is 2.24. The molecule has 0 radical (unpaired) electrons. The fourth-order valence-corrected chi connectivity index (χ4v) is 1.32. The third kappa shape index (κ3) is 3.35. The van der Waals surface area contributed by atoms with Crippen molar-refractivity contribution in [2.45, 2.75) is 39.2 Å². The van der Waals surface area contributed by atoms with E-state index in [2.05, 4.69) is 32.2 Å². The Hall–Kier alpha value is -1.35. The topological polar surface area (TPSA) is 55.1 Å². The van der Waals surface area contributed by atoms with Gasteiger partial charge in [-0.05, 0) is 30.0 Å². The normalized spacial score (nSPS) is 13.3. The molecule has 0 saturated carbocycles. The summed E-state index contributed by atoms with van der Waals surface area (Å²) in [5.41, 5.74) is 7.56. The minimum Gasteiger partial charge on any atom is -0.325 e. The molecule has 1 aromatic carbocycles. The molecule has 0 fully saturated rings. The van der Waals surface area contributed by atoms with Crippen LogP contribution in [0.25, 0.3) is 0 Å². The van der Waals surface area contributed by atoms with E-state index < -0.39 is 6.04 Å². The van der Waals surface area contributed by atoms with Gasteiger partial charge in [0, 0.05) is 5.69 Å². The molecule has 1 unspecified atom stereocenters. The van der Waals surface area contributed by atoms with Crippen LogP contribution in [0.4, 0.5) is 5.69 Å². The first-order valence-electron chi connectivity index (χ1n) is 5.47. The Kier molecular flexibility index (Phi) is 3.70. The predicted octanol–water partition coefficient (Wildman–Crippen LogP) is 2.27. The van der Waals surface area contributed by atoms with Crippen molar-refractivity contribution in [2.75, 3.05) is 5.32 Å². The number of carbonyl (C=O) groups excluding carboxylic acids is 1. The summed E-state index contributed by atoms with van der Waals surface area (Å²) in [5, 5.41) is 2.79. The molecule has 3 N–H and O–H groups in total. The molecule has 3 nitrogen and oxygen atoms in total. The van der Waals surface area contributed by atoms with Gasteiger partial charge in [0.05, 0.1) is 6.04 Å². The number of carbonyl (C=O) groups is 1. The lowest BCUT2D eigenvalue weighted by atomic mass is 9.87.